The molecule has 0 saturated carbocycles. The van der Waals surface area contributed by atoms with Gasteiger partial charge in [0.1, 0.15) is 5.52 Å². The second-order valence-corrected chi connectivity index (χ2v) is 6.54. The van der Waals surface area contributed by atoms with Gasteiger partial charge in [0.2, 0.25) is 5.56 Å². The first-order valence-electron chi connectivity index (χ1n) is 6.28. The van der Waals surface area contributed by atoms with Crippen molar-refractivity contribution in [1.82, 2.24) is 4.98 Å². The molecular weight excluding hydrogens is 368 g/mol. The van der Waals surface area contributed by atoms with E-state index in [4.69, 9.17) is 0 Å². The third-order valence-electron chi connectivity index (χ3n) is 3.06. The van der Waals surface area contributed by atoms with Gasteiger partial charge in [0.25, 0.3) is 5.69 Å². The van der Waals surface area contributed by atoms with Crippen LogP contribution in [-0.4, -0.2) is 9.91 Å². The zero-order valence-corrected chi connectivity index (χ0v) is 13.5. The zero-order chi connectivity index (χ0) is 15.7. The van der Waals surface area contributed by atoms with Crippen LogP contribution in [0.4, 0.5) is 5.69 Å². The van der Waals surface area contributed by atoms with Gasteiger partial charge in [-0.25, -0.2) is 0 Å². The number of non-ortho nitro benzene ring substituents is 1. The van der Waals surface area contributed by atoms with Gasteiger partial charge in [-0.15, -0.1) is 0 Å². The number of pyridine rings is 1. The molecule has 0 fully saturated rings. The first-order valence-corrected chi connectivity index (χ1v) is 7.89. The molecule has 1 heterocycles. The van der Waals surface area contributed by atoms with Crippen LogP contribution in [0.25, 0.3) is 10.9 Å². The lowest BCUT2D eigenvalue weighted by Gasteiger charge is -2.06. The Labute approximate surface area is 137 Å². The molecule has 0 spiro atoms. The fourth-order valence-corrected chi connectivity index (χ4v) is 3.34. The number of nitro groups is 1. The number of nitrogens with one attached hydrogen (secondary N) is 1. The molecule has 0 unspecified atom stereocenters. The topological polar surface area (TPSA) is 76.0 Å². The first-order chi connectivity index (χ1) is 10.5. The summed E-state index contributed by atoms with van der Waals surface area (Å²) >= 11 is 4.77. The summed E-state index contributed by atoms with van der Waals surface area (Å²) in [5.74, 6) is 0. The SMILES string of the molecule is O=c1cc(Sc2ccc(Br)cc2)c2cccc([N+](=O)[O-])c2[nH]1. The van der Waals surface area contributed by atoms with Crippen LogP contribution in [0.1, 0.15) is 0 Å². The third-order valence-corrected chi connectivity index (χ3v) is 4.65. The summed E-state index contributed by atoms with van der Waals surface area (Å²) in [6.07, 6.45) is 0. The quantitative estimate of drug-likeness (QED) is 0.544. The number of aromatic amines is 1. The second kappa shape index (κ2) is 5.94. The predicted molar refractivity (Wildman–Crippen MR) is 89.5 cm³/mol. The molecule has 0 aliphatic carbocycles. The second-order valence-electron chi connectivity index (χ2n) is 4.51. The molecule has 1 aromatic heterocycles. The fraction of sp³-hybridized carbons (Fsp3) is 0. The molecule has 0 radical (unpaired) electrons. The van der Waals surface area contributed by atoms with Gasteiger partial charge >= 0.3 is 0 Å². The summed E-state index contributed by atoms with van der Waals surface area (Å²) in [4.78, 5) is 26.6. The molecular formula is C15H9BrN2O3S. The van der Waals surface area contributed by atoms with Gasteiger partial charge in [-0.1, -0.05) is 39.8 Å². The van der Waals surface area contributed by atoms with Crippen molar-refractivity contribution in [1.29, 1.82) is 0 Å². The summed E-state index contributed by atoms with van der Waals surface area (Å²) < 4.78 is 0.961. The average Bonchev–Trinajstić information content (AvgIpc) is 2.48. The van der Waals surface area contributed by atoms with Crippen LogP contribution in [0.5, 0.6) is 0 Å². The fourth-order valence-electron chi connectivity index (χ4n) is 2.10. The highest BCUT2D eigenvalue weighted by molar-refractivity contribution is 9.10. The Kier molecular flexibility index (Phi) is 4.00. The minimum Gasteiger partial charge on any atom is -0.316 e. The molecule has 0 saturated heterocycles. The highest BCUT2D eigenvalue weighted by Gasteiger charge is 2.15. The molecule has 0 aliphatic rings. The van der Waals surface area contributed by atoms with Crippen molar-refractivity contribution in [3.63, 3.8) is 0 Å². The first kappa shape index (κ1) is 14.8. The van der Waals surface area contributed by atoms with Crippen molar-refractivity contribution in [3.05, 3.63) is 73.5 Å². The van der Waals surface area contributed by atoms with Gasteiger partial charge in [-0.05, 0) is 24.3 Å². The number of halogens is 1. The molecule has 2 aromatic carbocycles. The van der Waals surface area contributed by atoms with E-state index in [0.29, 0.717) is 10.3 Å². The van der Waals surface area contributed by atoms with E-state index in [0.717, 1.165) is 9.37 Å². The molecule has 3 aromatic rings. The van der Waals surface area contributed by atoms with E-state index in [1.54, 1.807) is 12.1 Å². The van der Waals surface area contributed by atoms with Crippen LogP contribution in [0.15, 0.2) is 67.6 Å². The minimum atomic E-state index is -0.494. The Hall–Kier alpha value is -2.12. The largest absolute Gasteiger partial charge is 0.316 e. The summed E-state index contributed by atoms with van der Waals surface area (Å²) in [5.41, 5.74) is -0.214. The smallest absolute Gasteiger partial charge is 0.293 e. The van der Waals surface area contributed by atoms with E-state index in [-0.39, 0.29) is 16.8 Å². The van der Waals surface area contributed by atoms with E-state index in [9.17, 15) is 14.9 Å². The van der Waals surface area contributed by atoms with Gasteiger partial charge in [0.15, 0.2) is 0 Å². The van der Waals surface area contributed by atoms with Crippen LogP contribution in [0.3, 0.4) is 0 Å². The van der Waals surface area contributed by atoms with Crippen molar-refractivity contribution in [2.24, 2.45) is 0 Å². The lowest BCUT2D eigenvalue weighted by molar-refractivity contribution is -0.383. The van der Waals surface area contributed by atoms with Gasteiger partial charge in [0.05, 0.1) is 4.92 Å². The number of H-pyrrole nitrogens is 1. The number of aromatic nitrogens is 1. The van der Waals surface area contributed by atoms with Crippen molar-refractivity contribution < 1.29 is 4.92 Å². The summed E-state index contributed by atoms with van der Waals surface area (Å²) in [6.45, 7) is 0. The normalized spacial score (nSPS) is 10.8. The summed E-state index contributed by atoms with van der Waals surface area (Å²) in [5, 5.41) is 11.8. The molecule has 3 rings (SSSR count). The van der Waals surface area contributed by atoms with Crippen molar-refractivity contribution in [2.45, 2.75) is 9.79 Å². The molecule has 110 valence electrons. The third kappa shape index (κ3) is 2.90. The van der Waals surface area contributed by atoms with E-state index in [2.05, 4.69) is 20.9 Å². The zero-order valence-electron chi connectivity index (χ0n) is 11.1. The lowest BCUT2D eigenvalue weighted by atomic mass is 10.2. The number of hydrogen-bond donors (Lipinski definition) is 1. The Balaban J connectivity index is 2.17. The van der Waals surface area contributed by atoms with E-state index < -0.39 is 4.92 Å². The van der Waals surface area contributed by atoms with Crippen LogP contribution in [-0.2, 0) is 0 Å². The highest BCUT2D eigenvalue weighted by atomic mass is 79.9. The number of rotatable bonds is 3. The van der Waals surface area contributed by atoms with Gasteiger partial charge in [-0.2, -0.15) is 0 Å². The summed E-state index contributed by atoms with van der Waals surface area (Å²) in [7, 11) is 0. The Morgan fingerprint density at radius 2 is 1.86 bits per heavy atom. The van der Waals surface area contributed by atoms with Crippen LogP contribution >= 0.6 is 27.7 Å². The monoisotopic (exact) mass is 376 g/mol. The number of hydrogen-bond acceptors (Lipinski definition) is 4. The number of benzene rings is 2. The van der Waals surface area contributed by atoms with E-state index in [1.807, 2.05) is 24.3 Å². The molecule has 5 nitrogen and oxygen atoms in total. The molecule has 22 heavy (non-hydrogen) atoms. The van der Waals surface area contributed by atoms with E-state index >= 15 is 0 Å². The molecule has 0 amide bonds. The maximum absolute atomic E-state index is 11.8. The predicted octanol–water partition coefficient (Wildman–Crippen LogP) is 4.35. The number of nitrogens with zero attached hydrogens (tertiary/aromatic N) is 1. The molecule has 1 N–H and O–H groups in total. The van der Waals surface area contributed by atoms with Crippen molar-refractivity contribution >= 4 is 44.3 Å². The summed E-state index contributed by atoms with van der Waals surface area (Å²) in [6, 6.07) is 13.9. The molecule has 0 atom stereocenters. The highest BCUT2D eigenvalue weighted by Crippen LogP contribution is 2.34. The standard InChI is InChI=1S/C15H9BrN2O3S/c16-9-4-6-10(7-5-9)22-13-8-14(19)17-15-11(13)2-1-3-12(15)18(20)21/h1-8H,(H,17,19). The van der Waals surface area contributed by atoms with Gasteiger partial charge < -0.3 is 4.98 Å². The molecule has 7 heteroatoms. The van der Waals surface area contributed by atoms with Crippen LogP contribution < -0.4 is 5.56 Å². The maximum Gasteiger partial charge on any atom is 0.293 e. The van der Waals surface area contributed by atoms with Gasteiger partial charge in [-0.3, -0.25) is 14.9 Å². The maximum atomic E-state index is 11.8. The Bertz CT molecular complexity index is 922. The van der Waals surface area contributed by atoms with Crippen molar-refractivity contribution in [3.8, 4) is 0 Å². The Morgan fingerprint density at radius 1 is 1.14 bits per heavy atom. The molecule has 0 aliphatic heterocycles. The number of nitro benzene ring substituents is 1. The number of para-hydroxylation sites is 1. The molecule has 0 bridgehead atoms. The van der Waals surface area contributed by atoms with Crippen LogP contribution in [0.2, 0.25) is 0 Å². The number of fused-ring (bicyclic) bond motifs is 1. The van der Waals surface area contributed by atoms with Gasteiger partial charge in [0, 0.05) is 31.8 Å². The van der Waals surface area contributed by atoms with Crippen molar-refractivity contribution in [2.75, 3.05) is 0 Å². The van der Waals surface area contributed by atoms with E-state index in [1.165, 1.54) is 23.9 Å². The minimum absolute atomic E-state index is 0.104. The lowest BCUT2D eigenvalue weighted by Crippen LogP contribution is -2.06. The average molecular weight is 377 g/mol. The Morgan fingerprint density at radius 3 is 2.55 bits per heavy atom. The van der Waals surface area contributed by atoms with Crippen LogP contribution in [0, 0.1) is 10.1 Å².